The van der Waals surface area contributed by atoms with Crippen LogP contribution in [-0.2, 0) is 6.54 Å². The molecule has 2 rings (SSSR count). The van der Waals surface area contributed by atoms with Gasteiger partial charge in [0.2, 0.25) is 5.76 Å². The molecule has 19 heavy (non-hydrogen) atoms. The van der Waals surface area contributed by atoms with Gasteiger partial charge in [0.1, 0.15) is 5.76 Å². The van der Waals surface area contributed by atoms with Crippen LogP contribution in [0.15, 0.2) is 10.5 Å². The Labute approximate surface area is 113 Å². The first kappa shape index (κ1) is 14.1. The van der Waals surface area contributed by atoms with Crippen molar-refractivity contribution in [3.8, 4) is 0 Å². The first-order valence-electron chi connectivity index (χ1n) is 6.89. The molecular formula is C14H22N2O3. The number of carbonyl (C=O) groups is 1. The molecule has 0 aromatic carbocycles. The van der Waals surface area contributed by atoms with Crippen molar-refractivity contribution in [3.05, 3.63) is 23.2 Å². The molecule has 0 aliphatic heterocycles. The smallest absolute Gasteiger partial charge is 0.372 e. The Morgan fingerprint density at radius 2 is 2.32 bits per heavy atom. The number of carboxylic acids is 1. The van der Waals surface area contributed by atoms with Crippen LogP contribution < -0.4 is 5.32 Å². The van der Waals surface area contributed by atoms with Crippen molar-refractivity contribution in [1.82, 2.24) is 10.2 Å². The van der Waals surface area contributed by atoms with Crippen molar-refractivity contribution >= 4 is 5.97 Å². The van der Waals surface area contributed by atoms with Crippen LogP contribution in [0.1, 0.15) is 41.6 Å². The van der Waals surface area contributed by atoms with Crippen LogP contribution in [0.3, 0.4) is 0 Å². The highest BCUT2D eigenvalue weighted by Crippen LogP contribution is 2.25. The molecule has 1 aliphatic rings. The van der Waals surface area contributed by atoms with Gasteiger partial charge in [-0.15, -0.1) is 0 Å². The summed E-state index contributed by atoms with van der Waals surface area (Å²) in [6.07, 6.45) is 2.65. The molecule has 1 heterocycles. The number of hydrogen-bond acceptors (Lipinski definition) is 4. The normalized spacial score (nSPS) is 15.1. The van der Waals surface area contributed by atoms with Crippen LogP contribution in [0.25, 0.3) is 0 Å². The van der Waals surface area contributed by atoms with Crippen molar-refractivity contribution in [1.29, 1.82) is 0 Å². The first-order chi connectivity index (χ1) is 9.11. The number of furan rings is 1. The van der Waals surface area contributed by atoms with Gasteiger partial charge in [-0.3, -0.25) is 4.90 Å². The topological polar surface area (TPSA) is 65.7 Å². The summed E-state index contributed by atoms with van der Waals surface area (Å²) in [5, 5.41) is 12.2. The van der Waals surface area contributed by atoms with E-state index < -0.39 is 5.97 Å². The van der Waals surface area contributed by atoms with E-state index in [1.807, 2.05) is 0 Å². The van der Waals surface area contributed by atoms with Crippen molar-refractivity contribution in [3.63, 3.8) is 0 Å². The molecule has 2 N–H and O–H groups in total. The number of hydrogen-bond donors (Lipinski definition) is 2. The van der Waals surface area contributed by atoms with Crippen molar-refractivity contribution in [2.75, 3.05) is 19.6 Å². The zero-order valence-electron chi connectivity index (χ0n) is 11.6. The standard InChI is InChI=1S/C14H22N2O3/c1-3-16(11-4-5-11)7-6-15-9-12-8-10(2)13(19-12)14(17)18/h8,11,15H,3-7,9H2,1-2H3,(H,17,18). The maximum atomic E-state index is 10.9. The van der Waals surface area contributed by atoms with Gasteiger partial charge in [-0.25, -0.2) is 4.79 Å². The van der Waals surface area contributed by atoms with Crippen LogP contribution in [0, 0.1) is 6.92 Å². The van der Waals surface area contributed by atoms with E-state index >= 15 is 0 Å². The summed E-state index contributed by atoms with van der Waals surface area (Å²) in [4.78, 5) is 13.3. The lowest BCUT2D eigenvalue weighted by molar-refractivity contribution is 0.0659. The summed E-state index contributed by atoms with van der Waals surface area (Å²) >= 11 is 0. The average molecular weight is 266 g/mol. The summed E-state index contributed by atoms with van der Waals surface area (Å²) in [5.41, 5.74) is 0.678. The Morgan fingerprint density at radius 1 is 1.58 bits per heavy atom. The van der Waals surface area contributed by atoms with Crippen molar-refractivity contribution in [2.24, 2.45) is 0 Å². The fourth-order valence-electron chi connectivity index (χ4n) is 2.32. The van der Waals surface area contributed by atoms with Gasteiger partial charge < -0.3 is 14.8 Å². The number of nitrogens with zero attached hydrogens (tertiary/aromatic N) is 1. The van der Waals surface area contributed by atoms with Crippen LogP contribution in [0.2, 0.25) is 0 Å². The molecule has 0 radical (unpaired) electrons. The molecule has 5 nitrogen and oxygen atoms in total. The van der Waals surface area contributed by atoms with Gasteiger partial charge in [0.25, 0.3) is 0 Å². The van der Waals surface area contributed by atoms with E-state index in [9.17, 15) is 4.79 Å². The number of nitrogens with one attached hydrogen (secondary N) is 1. The number of rotatable bonds is 8. The van der Waals surface area contributed by atoms with Crippen LogP contribution in [0.5, 0.6) is 0 Å². The second kappa shape index (κ2) is 6.21. The van der Waals surface area contributed by atoms with E-state index in [0.29, 0.717) is 17.9 Å². The van der Waals surface area contributed by atoms with E-state index in [0.717, 1.165) is 25.7 Å². The van der Waals surface area contributed by atoms with E-state index in [2.05, 4.69) is 17.1 Å². The zero-order valence-corrected chi connectivity index (χ0v) is 11.6. The number of aryl methyl sites for hydroxylation is 1. The molecule has 1 aliphatic carbocycles. The summed E-state index contributed by atoms with van der Waals surface area (Å²) in [7, 11) is 0. The molecule has 1 aromatic rings. The Morgan fingerprint density at radius 3 is 2.84 bits per heavy atom. The van der Waals surface area contributed by atoms with Crippen LogP contribution in [0.4, 0.5) is 0 Å². The van der Waals surface area contributed by atoms with Crippen LogP contribution >= 0.6 is 0 Å². The number of aromatic carboxylic acids is 1. The molecule has 0 bridgehead atoms. The minimum absolute atomic E-state index is 0.0463. The molecular weight excluding hydrogens is 244 g/mol. The second-order valence-corrected chi connectivity index (χ2v) is 5.07. The van der Waals surface area contributed by atoms with Crippen LogP contribution in [-0.4, -0.2) is 41.7 Å². The van der Waals surface area contributed by atoms with Crippen molar-refractivity contribution < 1.29 is 14.3 Å². The minimum atomic E-state index is -1.00. The SMILES string of the molecule is CCN(CCNCc1cc(C)c(C(=O)O)o1)C1CC1. The van der Waals surface area contributed by atoms with Gasteiger partial charge in [0, 0.05) is 24.7 Å². The zero-order chi connectivity index (χ0) is 13.8. The summed E-state index contributed by atoms with van der Waals surface area (Å²) < 4.78 is 5.29. The molecule has 0 spiro atoms. The molecule has 106 valence electrons. The fraction of sp³-hybridized carbons (Fsp3) is 0.643. The maximum absolute atomic E-state index is 10.9. The summed E-state index contributed by atoms with van der Waals surface area (Å²) in [6, 6.07) is 2.57. The summed E-state index contributed by atoms with van der Waals surface area (Å²) in [5.74, 6) is -0.274. The lowest BCUT2D eigenvalue weighted by atomic mass is 10.2. The lowest BCUT2D eigenvalue weighted by Gasteiger charge is -2.19. The fourth-order valence-corrected chi connectivity index (χ4v) is 2.32. The average Bonchev–Trinajstić information content (AvgIpc) is 3.13. The Balaban J connectivity index is 1.73. The number of carboxylic acid groups (broad SMARTS) is 1. The van der Waals surface area contributed by atoms with Gasteiger partial charge in [-0.05, 0) is 32.4 Å². The number of likely N-dealkylation sites (N-methyl/N-ethyl adjacent to an activating group) is 1. The highest BCUT2D eigenvalue weighted by Gasteiger charge is 2.27. The third-order valence-electron chi connectivity index (χ3n) is 3.51. The summed E-state index contributed by atoms with van der Waals surface area (Å²) in [6.45, 7) is 7.54. The molecule has 0 unspecified atom stereocenters. The molecule has 0 saturated heterocycles. The minimum Gasteiger partial charge on any atom is -0.475 e. The van der Waals surface area contributed by atoms with Gasteiger partial charge in [-0.1, -0.05) is 6.92 Å². The lowest BCUT2D eigenvalue weighted by Crippen LogP contribution is -2.33. The highest BCUT2D eigenvalue weighted by molar-refractivity contribution is 5.86. The predicted molar refractivity (Wildman–Crippen MR) is 72.4 cm³/mol. The Kier molecular flexibility index (Phi) is 4.61. The monoisotopic (exact) mass is 266 g/mol. The molecule has 1 saturated carbocycles. The van der Waals surface area contributed by atoms with E-state index in [1.165, 1.54) is 12.8 Å². The third-order valence-corrected chi connectivity index (χ3v) is 3.51. The van der Waals surface area contributed by atoms with E-state index in [4.69, 9.17) is 9.52 Å². The molecule has 1 aromatic heterocycles. The Bertz CT molecular complexity index is 438. The highest BCUT2D eigenvalue weighted by atomic mass is 16.4. The third kappa shape index (κ3) is 3.81. The molecule has 0 amide bonds. The van der Waals surface area contributed by atoms with E-state index in [1.54, 1.807) is 13.0 Å². The quantitative estimate of drug-likeness (QED) is 0.703. The second-order valence-electron chi connectivity index (χ2n) is 5.07. The largest absolute Gasteiger partial charge is 0.475 e. The first-order valence-corrected chi connectivity index (χ1v) is 6.89. The van der Waals surface area contributed by atoms with E-state index in [-0.39, 0.29) is 5.76 Å². The van der Waals surface area contributed by atoms with Gasteiger partial charge in [0.05, 0.1) is 6.54 Å². The Hall–Kier alpha value is -1.33. The van der Waals surface area contributed by atoms with Gasteiger partial charge in [0.15, 0.2) is 0 Å². The van der Waals surface area contributed by atoms with Crippen molar-refractivity contribution in [2.45, 2.75) is 39.3 Å². The molecule has 5 heteroatoms. The van der Waals surface area contributed by atoms with Gasteiger partial charge >= 0.3 is 5.97 Å². The van der Waals surface area contributed by atoms with Gasteiger partial charge in [-0.2, -0.15) is 0 Å². The maximum Gasteiger partial charge on any atom is 0.372 e. The molecule has 0 atom stereocenters. The molecule has 1 fully saturated rings. The predicted octanol–water partition coefficient (Wildman–Crippen LogP) is 1.86.